The summed E-state index contributed by atoms with van der Waals surface area (Å²) in [5, 5.41) is 3.21. The topological polar surface area (TPSA) is 50.2 Å². The first-order valence-electron chi connectivity index (χ1n) is 7.37. The second-order valence-electron chi connectivity index (χ2n) is 5.31. The summed E-state index contributed by atoms with van der Waals surface area (Å²) < 4.78 is 2.00. The van der Waals surface area contributed by atoms with E-state index in [0.29, 0.717) is 5.69 Å². The maximum absolute atomic E-state index is 12.5. The number of nitrogens with zero attached hydrogens (tertiary/aromatic N) is 3. The molecule has 0 atom stereocenters. The zero-order chi connectivity index (χ0) is 14.8. The van der Waals surface area contributed by atoms with Gasteiger partial charge in [-0.3, -0.25) is 4.79 Å². The van der Waals surface area contributed by atoms with E-state index in [2.05, 4.69) is 29.4 Å². The molecule has 1 aromatic heterocycles. The van der Waals surface area contributed by atoms with E-state index < -0.39 is 0 Å². The van der Waals surface area contributed by atoms with Crippen LogP contribution < -0.4 is 10.2 Å². The van der Waals surface area contributed by atoms with Gasteiger partial charge in [0.15, 0.2) is 0 Å². The zero-order valence-corrected chi connectivity index (χ0v) is 12.5. The Balaban J connectivity index is 1.81. The molecule has 1 amide bonds. The average Bonchev–Trinajstić information content (AvgIpc) is 2.97. The molecule has 0 saturated heterocycles. The van der Waals surface area contributed by atoms with Crippen LogP contribution in [0.1, 0.15) is 29.4 Å². The highest BCUT2D eigenvalue weighted by atomic mass is 16.2. The molecule has 1 N–H and O–H groups in total. The summed E-state index contributed by atoms with van der Waals surface area (Å²) in [5.41, 5.74) is 2.64. The van der Waals surface area contributed by atoms with E-state index in [1.807, 2.05) is 22.9 Å². The van der Waals surface area contributed by atoms with Crippen LogP contribution in [0, 0.1) is 0 Å². The molecule has 0 bridgehead atoms. The number of rotatable bonds is 3. The zero-order valence-electron chi connectivity index (χ0n) is 12.5. The molecule has 2 heterocycles. The van der Waals surface area contributed by atoms with Crippen LogP contribution in [0.25, 0.3) is 0 Å². The van der Waals surface area contributed by atoms with Gasteiger partial charge in [-0.25, -0.2) is 4.98 Å². The van der Waals surface area contributed by atoms with E-state index in [9.17, 15) is 4.79 Å². The van der Waals surface area contributed by atoms with E-state index in [-0.39, 0.29) is 5.91 Å². The number of hydrogen-bond donors (Lipinski definition) is 1. The SMILES string of the molecule is CCc1ccc(N(C)C(=O)c2cn3c(n2)NCCC3)cc1. The third-order valence-corrected chi connectivity index (χ3v) is 3.89. The van der Waals surface area contributed by atoms with Gasteiger partial charge in [-0.1, -0.05) is 19.1 Å². The van der Waals surface area contributed by atoms with Gasteiger partial charge in [0, 0.05) is 32.0 Å². The molecule has 1 aliphatic rings. The molecule has 5 heteroatoms. The Bertz CT molecular complexity index is 621. The van der Waals surface area contributed by atoms with Gasteiger partial charge in [0.25, 0.3) is 5.91 Å². The summed E-state index contributed by atoms with van der Waals surface area (Å²) in [6, 6.07) is 8.06. The molecular weight excluding hydrogens is 264 g/mol. The molecule has 0 spiro atoms. The van der Waals surface area contributed by atoms with Crippen LogP contribution in [0.15, 0.2) is 30.5 Å². The molecule has 0 saturated carbocycles. The Labute approximate surface area is 124 Å². The van der Waals surface area contributed by atoms with Crippen LogP contribution in [0.2, 0.25) is 0 Å². The van der Waals surface area contributed by atoms with Gasteiger partial charge in [0.05, 0.1) is 0 Å². The third-order valence-electron chi connectivity index (χ3n) is 3.89. The first-order valence-corrected chi connectivity index (χ1v) is 7.37. The molecule has 5 nitrogen and oxygen atoms in total. The number of fused-ring (bicyclic) bond motifs is 1. The first-order chi connectivity index (χ1) is 10.2. The number of imidazole rings is 1. The summed E-state index contributed by atoms with van der Waals surface area (Å²) in [4.78, 5) is 18.6. The van der Waals surface area contributed by atoms with Gasteiger partial charge >= 0.3 is 0 Å². The molecular formula is C16H20N4O. The van der Waals surface area contributed by atoms with E-state index in [0.717, 1.165) is 37.6 Å². The standard InChI is InChI=1S/C16H20N4O/c1-3-12-5-7-13(8-6-12)19(2)15(21)14-11-20-10-4-9-17-16(20)18-14/h5-8,11H,3-4,9-10H2,1-2H3,(H,17,18). The smallest absolute Gasteiger partial charge is 0.278 e. The number of carbonyl (C=O) groups is 1. The van der Waals surface area contributed by atoms with Crippen molar-refractivity contribution in [2.75, 3.05) is 23.8 Å². The fourth-order valence-electron chi connectivity index (χ4n) is 2.52. The van der Waals surface area contributed by atoms with Crippen molar-refractivity contribution in [3.05, 3.63) is 41.7 Å². The van der Waals surface area contributed by atoms with E-state index in [4.69, 9.17) is 0 Å². The Hall–Kier alpha value is -2.30. The molecule has 1 aliphatic heterocycles. The molecule has 110 valence electrons. The third kappa shape index (κ3) is 2.63. The number of anilines is 2. The number of hydrogen-bond acceptors (Lipinski definition) is 3. The number of benzene rings is 1. The van der Waals surface area contributed by atoms with Crippen LogP contribution in [-0.4, -0.2) is 29.1 Å². The van der Waals surface area contributed by atoms with E-state index in [1.165, 1.54) is 5.56 Å². The van der Waals surface area contributed by atoms with E-state index >= 15 is 0 Å². The highest BCUT2D eigenvalue weighted by Gasteiger charge is 2.20. The predicted molar refractivity (Wildman–Crippen MR) is 83.9 cm³/mol. The summed E-state index contributed by atoms with van der Waals surface area (Å²) in [5.74, 6) is 0.710. The molecule has 3 rings (SSSR count). The van der Waals surface area contributed by atoms with Gasteiger partial charge in [-0.2, -0.15) is 0 Å². The summed E-state index contributed by atoms with van der Waals surface area (Å²) in [7, 11) is 1.79. The lowest BCUT2D eigenvalue weighted by atomic mass is 10.1. The van der Waals surface area contributed by atoms with Gasteiger partial charge in [0.2, 0.25) is 5.95 Å². The molecule has 0 aliphatic carbocycles. The lowest BCUT2D eigenvalue weighted by Crippen LogP contribution is -2.26. The lowest BCUT2D eigenvalue weighted by Gasteiger charge is -2.16. The van der Waals surface area contributed by atoms with Gasteiger partial charge < -0.3 is 14.8 Å². The predicted octanol–water partition coefficient (Wildman–Crippen LogP) is 2.54. The normalized spacial score (nSPS) is 13.4. The largest absolute Gasteiger partial charge is 0.356 e. The van der Waals surface area contributed by atoms with Crippen LogP contribution in [0.3, 0.4) is 0 Å². The number of carbonyl (C=O) groups excluding carboxylic acids is 1. The molecule has 0 unspecified atom stereocenters. The Morgan fingerprint density at radius 1 is 1.38 bits per heavy atom. The quantitative estimate of drug-likeness (QED) is 0.942. The van der Waals surface area contributed by atoms with Crippen molar-refractivity contribution in [1.82, 2.24) is 9.55 Å². The van der Waals surface area contributed by atoms with Gasteiger partial charge in [-0.15, -0.1) is 0 Å². The number of amides is 1. The maximum Gasteiger partial charge on any atom is 0.278 e. The number of aryl methyl sites for hydroxylation is 2. The summed E-state index contributed by atoms with van der Waals surface area (Å²) in [6.45, 7) is 3.95. The fraction of sp³-hybridized carbons (Fsp3) is 0.375. The molecule has 2 aromatic rings. The highest BCUT2D eigenvalue weighted by molar-refractivity contribution is 6.04. The Morgan fingerprint density at radius 3 is 2.81 bits per heavy atom. The van der Waals surface area contributed by atoms with Crippen LogP contribution in [0.5, 0.6) is 0 Å². The summed E-state index contributed by atoms with van der Waals surface area (Å²) in [6.07, 6.45) is 3.89. The summed E-state index contributed by atoms with van der Waals surface area (Å²) >= 11 is 0. The monoisotopic (exact) mass is 284 g/mol. The molecule has 1 aromatic carbocycles. The van der Waals surface area contributed by atoms with Crippen molar-refractivity contribution < 1.29 is 4.79 Å². The van der Waals surface area contributed by atoms with Crippen LogP contribution in [-0.2, 0) is 13.0 Å². The second kappa shape index (κ2) is 5.60. The molecule has 0 fully saturated rings. The van der Waals surface area contributed by atoms with Crippen molar-refractivity contribution in [1.29, 1.82) is 0 Å². The van der Waals surface area contributed by atoms with Crippen molar-refractivity contribution in [3.8, 4) is 0 Å². The molecule has 0 radical (unpaired) electrons. The minimum Gasteiger partial charge on any atom is -0.356 e. The van der Waals surface area contributed by atoms with Gasteiger partial charge in [-0.05, 0) is 30.5 Å². The first kappa shape index (κ1) is 13.7. The minimum atomic E-state index is -0.0806. The van der Waals surface area contributed by atoms with Crippen molar-refractivity contribution in [2.24, 2.45) is 0 Å². The van der Waals surface area contributed by atoms with Crippen molar-refractivity contribution in [3.63, 3.8) is 0 Å². The fourth-order valence-corrected chi connectivity index (χ4v) is 2.52. The van der Waals surface area contributed by atoms with E-state index in [1.54, 1.807) is 11.9 Å². The van der Waals surface area contributed by atoms with Crippen molar-refractivity contribution in [2.45, 2.75) is 26.3 Å². The Kier molecular flexibility index (Phi) is 3.64. The highest BCUT2D eigenvalue weighted by Crippen LogP contribution is 2.19. The average molecular weight is 284 g/mol. The molecule has 21 heavy (non-hydrogen) atoms. The van der Waals surface area contributed by atoms with Crippen molar-refractivity contribution >= 4 is 17.5 Å². The lowest BCUT2D eigenvalue weighted by molar-refractivity contribution is 0.0988. The van der Waals surface area contributed by atoms with Gasteiger partial charge in [0.1, 0.15) is 5.69 Å². The minimum absolute atomic E-state index is 0.0806. The maximum atomic E-state index is 12.5. The van der Waals surface area contributed by atoms with Crippen LogP contribution in [0.4, 0.5) is 11.6 Å². The second-order valence-corrected chi connectivity index (χ2v) is 5.31. The number of nitrogens with one attached hydrogen (secondary N) is 1. The number of aromatic nitrogens is 2. The van der Waals surface area contributed by atoms with Crippen LogP contribution >= 0.6 is 0 Å². The Morgan fingerprint density at radius 2 is 2.14 bits per heavy atom.